The zero-order valence-electron chi connectivity index (χ0n) is 25.0. The number of carbonyl (C=O) groups excluding carboxylic acids is 3. The lowest BCUT2D eigenvalue weighted by Crippen LogP contribution is -2.59. The predicted molar refractivity (Wildman–Crippen MR) is 177 cm³/mol. The van der Waals surface area contributed by atoms with E-state index in [1.807, 2.05) is 83.6 Å². The lowest BCUT2D eigenvalue weighted by Gasteiger charge is -2.42. The number of thiazole rings is 1. The molecule has 46 heavy (non-hydrogen) atoms. The molecule has 10 nitrogen and oxygen atoms in total. The molecule has 2 aliphatic carbocycles. The quantitative estimate of drug-likeness (QED) is 0.311. The molecule has 1 N–H and O–H groups in total. The second kappa shape index (κ2) is 10.5. The van der Waals surface area contributed by atoms with Gasteiger partial charge in [-0.1, -0.05) is 49.4 Å². The second-order valence-corrected chi connectivity index (χ2v) is 12.6. The topological polar surface area (TPSA) is 121 Å². The number of carbonyl (C=O) groups is 3. The first-order chi connectivity index (χ1) is 22.3. The Morgan fingerprint density at radius 3 is 2.65 bits per heavy atom. The van der Waals surface area contributed by atoms with Crippen LogP contribution in [0.4, 0.5) is 16.6 Å². The molecule has 0 fully saturated rings. The van der Waals surface area contributed by atoms with Crippen LogP contribution in [0.25, 0.3) is 34.5 Å². The Balaban J connectivity index is 1.14. The molecule has 0 saturated heterocycles. The van der Waals surface area contributed by atoms with Gasteiger partial charge >= 0.3 is 0 Å². The van der Waals surface area contributed by atoms with E-state index in [-0.39, 0.29) is 30.7 Å². The summed E-state index contributed by atoms with van der Waals surface area (Å²) in [7, 11) is 0. The van der Waals surface area contributed by atoms with Crippen LogP contribution in [0.2, 0.25) is 0 Å². The van der Waals surface area contributed by atoms with E-state index in [1.165, 1.54) is 17.7 Å². The summed E-state index contributed by atoms with van der Waals surface area (Å²) >= 11 is 1.35. The molecule has 0 spiro atoms. The SMILES string of the molecule is CC1C=c2c(ccc3c2=CC(=O)c2ccccc2-3)C(C)(N2CN(CC(=O)Nc3nc(-c4ccncc4)cs3)c3cncnc32)C1=O. The number of anilines is 3. The van der Waals surface area contributed by atoms with Crippen LogP contribution in [0.5, 0.6) is 0 Å². The molecule has 5 aromatic rings. The van der Waals surface area contributed by atoms with Gasteiger partial charge in [-0.15, -0.1) is 11.3 Å². The standard InChI is InChI=1S/C35H27N7O3S/c1-20-13-26-25-14-30(43)24-6-4-3-5-22(24)23(25)7-8-27(26)35(2,32(20)45)42-19-41(29-15-37-18-38-33(29)42)16-31(44)40-34-39-28(17-46-34)21-9-11-36-12-10-21/h3-15,17-18,20H,16,19H2,1-2H3,(H,39,40,44). The molecular formula is C35H27N7O3S. The lowest BCUT2D eigenvalue weighted by atomic mass is 9.73. The minimum absolute atomic E-state index is 0.00308. The largest absolute Gasteiger partial charge is 0.340 e. The number of pyridine rings is 1. The van der Waals surface area contributed by atoms with Gasteiger partial charge in [0.15, 0.2) is 22.5 Å². The minimum atomic E-state index is -1.13. The molecule has 226 valence electrons. The van der Waals surface area contributed by atoms with E-state index in [0.717, 1.165) is 38.4 Å². The number of amides is 1. The number of aromatic nitrogens is 4. The summed E-state index contributed by atoms with van der Waals surface area (Å²) in [5.41, 5.74) is 4.51. The smallest absolute Gasteiger partial charge is 0.245 e. The molecule has 0 bridgehead atoms. The van der Waals surface area contributed by atoms with Crippen molar-refractivity contribution in [3.8, 4) is 22.4 Å². The van der Waals surface area contributed by atoms with E-state index in [0.29, 0.717) is 22.2 Å². The Bertz CT molecular complexity index is 2220. The van der Waals surface area contributed by atoms with Gasteiger partial charge in [0.05, 0.1) is 25.1 Å². The average molecular weight is 626 g/mol. The Labute approximate surface area is 267 Å². The highest BCUT2D eigenvalue weighted by Gasteiger charge is 2.50. The van der Waals surface area contributed by atoms with Crippen molar-refractivity contribution < 1.29 is 14.4 Å². The predicted octanol–water partition coefficient (Wildman–Crippen LogP) is 3.78. The van der Waals surface area contributed by atoms with Crippen molar-refractivity contribution in [3.63, 3.8) is 0 Å². The monoisotopic (exact) mass is 625 g/mol. The maximum atomic E-state index is 14.2. The number of benzene rings is 2. The maximum Gasteiger partial charge on any atom is 0.245 e. The molecule has 0 saturated carbocycles. The summed E-state index contributed by atoms with van der Waals surface area (Å²) in [5, 5.41) is 6.98. The summed E-state index contributed by atoms with van der Waals surface area (Å²) in [6.07, 6.45) is 10.2. The van der Waals surface area contributed by atoms with Crippen LogP contribution in [-0.4, -0.2) is 50.6 Å². The first-order valence-electron chi connectivity index (χ1n) is 14.9. The number of rotatable bonds is 5. The van der Waals surface area contributed by atoms with Crippen LogP contribution in [0.1, 0.15) is 29.8 Å². The van der Waals surface area contributed by atoms with E-state index in [1.54, 1.807) is 24.7 Å². The summed E-state index contributed by atoms with van der Waals surface area (Å²) in [6.45, 7) is 4.04. The molecule has 4 heterocycles. The van der Waals surface area contributed by atoms with E-state index < -0.39 is 11.5 Å². The molecule has 8 rings (SSSR count). The summed E-state index contributed by atoms with van der Waals surface area (Å²) < 4.78 is 0. The van der Waals surface area contributed by atoms with Gasteiger partial charge in [0.1, 0.15) is 17.6 Å². The fourth-order valence-corrected chi connectivity index (χ4v) is 7.56. The van der Waals surface area contributed by atoms with Gasteiger partial charge in [-0.2, -0.15) is 0 Å². The number of fused-ring (bicyclic) bond motifs is 6. The third kappa shape index (κ3) is 4.26. The number of ketones is 2. The van der Waals surface area contributed by atoms with Crippen molar-refractivity contribution in [1.29, 1.82) is 0 Å². The van der Waals surface area contributed by atoms with Gasteiger partial charge < -0.3 is 15.1 Å². The zero-order chi connectivity index (χ0) is 31.6. The van der Waals surface area contributed by atoms with Gasteiger partial charge in [-0.3, -0.25) is 19.4 Å². The van der Waals surface area contributed by atoms with Crippen LogP contribution < -0.4 is 25.6 Å². The number of hydrogen-bond donors (Lipinski definition) is 1. The minimum Gasteiger partial charge on any atom is -0.340 e. The summed E-state index contributed by atoms with van der Waals surface area (Å²) in [5.74, 6) is -0.163. The van der Waals surface area contributed by atoms with Crippen molar-refractivity contribution in [1.82, 2.24) is 19.9 Å². The summed E-state index contributed by atoms with van der Waals surface area (Å²) in [4.78, 5) is 62.0. The van der Waals surface area contributed by atoms with Crippen molar-refractivity contribution >= 4 is 57.6 Å². The molecule has 3 aliphatic rings. The molecule has 2 atom stereocenters. The van der Waals surface area contributed by atoms with Crippen molar-refractivity contribution in [2.45, 2.75) is 19.4 Å². The molecular weight excluding hydrogens is 598 g/mol. The van der Waals surface area contributed by atoms with Gasteiger partial charge in [-0.25, -0.2) is 15.0 Å². The number of nitrogens with one attached hydrogen (secondary N) is 1. The molecule has 1 amide bonds. The fraction of sp³-hybridized carbons (Fsp3) is 0.171. The van der Waals surface area contributed by atoms with Gasteiger partial charge in [0.25, 0.3) is 0 Å². The van der Waals surface area contributed by atoms with E-state index >= 15 is 0 Å². The highest BCUT2D eigenvalue weighted by Crippen LogP contribution is 2.44. The van der Waals surface area contributed by atoms with E-state index in [2.05, 4.69) is 25.3 Å². The first kappa shape index (κ1) is 28.0. The third-order valence-corrected chi connectivity index (χ3v) is 9.82. The number of nitrogens with zero attached hydrogens (tertiary/aromatic N) is 6. The number of Topliss-reactive ketones (excluding diaryl/α,β-unsaturated/α-hetero) is 2. The summed E-state index contributed by atoms with van der Waals surface area (Å²) in [6, 6.07) is 15.3. The van der Waals surface area contributed by atoms with Gasteiger partial charge in [0, 0.05) is 34.8 Å². The molecule has 2 unspecified atom stereocenters. The molecule has 1 aliphatic heterocycles. The highest BCUT2D eigenvalue weighted by molar-refractivity contribution is 7.14. The van der Waals surface area contributed by atoms with Crippen molar-refractivity contribution in [2.75, 3.05) is 28.3 Å². The normalized spacial score (nSPS) is 19.4. The highest BCUT2D eigenvalue weighted by atomic mass is 32.1. The van der Waals surface area contributed by atoms with Crippen LogP contribution in [0.3, 0.4) is 0 Å². The molecule has 0 radical (unpaired) electrons. The van der Waals surface area contributed by atoms with Gasteiger partial charge in [0.2, 0.25) is 5.91 Å². The van der Waals surface area contributed by atoms with Crippen LogP contribution in [-0.2, 0) is 15.1 Å². The second-order valence-electron chi connectivity index (χ2n) is 11.8. The zero-order valence-corrected chi connectivity index (χ0v) is 25.8. The molecule has 3 aromatic heterocycles. The first-order valence-corrected chi connectivity index (χ1v) is 15.7. The lowest BCUT2D eigenvalue weighted by molar-refractivity contribution is -0.126. The van der Waals surface area contributed by atoms with E-state index in [9.17, 15) is 14.4 Å². The maximum absolute atomic E-state index is 14.2. The number of hydrogen-bond acceptors (Lipinski definition) is 10. The van der Waals surface area contributed by atoms with Crippen LogP contribution >= 0.6 is 11.3 Å². The molecule has 11 heteroatoms. The van der Waals surface area contributed by atoms with Crippen molar-refractivity contribution in [3.05, 3.63) is 100 Å². The fourth-order valence-electron chi connectivity index (χ4n) is 6.82. The Hall–Kier alpha value is -5.55. The Morgan fingerprint density at radius 1 is 1.02 bits per heavy atom. The molecule has 2 aromatic carbocycles. The Morgan fingerprint density at radius 2 is 1.83 bits per heavy atom. The van der Waals surface area contributed by atoms with Gasteiger partial charge in [-0.05, 0) is 52.3 Å². The van der Waals surface area contributed by atoms with Crippen LogP contribution in [0, 0.1) is 5.92 Å². The van der Waals surface area contributed by atoms with Crippen LogP contribution in [0.15, 0.2) is 78.8 Å². The average Bonchev–Trinajstić information content (AvgIpc) is 3.69. The van der Waals surface area contributed by atoms with E-state index in [4.69, 9.17) is 0 Å². The third-order valence-electron chi connectivity index (χ3n) is 9.06. The van der Waals surface area contributed by atoms with Crippen molar-refractivity contribution in [2.24, 2.45) is 5.92 Å². The Kier molecular flexibility index (Phi) is 6.40.